The van der Waals surface area contributed by atoms with E-state index >= 15 is 0 Å². The van der Waals surface area contributed by atoms with Crippen molar-refractivity contribution in [1.29, 1.82) is 0 Å². The van der Waals surface area contributed by atoms with Crippen molar-refractivity contribution in [2.24, 2.45) is 0 Å². The van der Waals surface area contributed by atoms with Crippen LogP contribution in [0, 0.1) is 6.92 Å². The molecule has 1 saturated carbocycles. The van der Waals surface area contributed by atoms with Crippen LogP contribution in [0.25, 0.3) is 0 Å². The first kappa shape index (κ1) is 10.4. The molecule has 1 aliphatic carbocycles. The summed E-state index contributed by atoms with van der Waals surface area (Å²) in [7, 11) is 2.18. The van der Waals surface area contributed by atoms with Crippen LogP contribution < -0.4 is 5.32 Å². The fraction of sp³-hybridized carbons (Fsp3) is 0.636. The lowest BCUT2D eigenvalue weighted by atomic mass is 10.4. The Morgan fingerprint density at radius 2 is 2.13 bits per heavy atom. The molecule has 1 N–H and O–H groups in total. The average molecular weight is 206 g/mol. The summed E-state index contributed by atoms with van der Waals surface area (Å²) in [6, 6.07) is 0.828. The van der Waals surface area contributed by atoms with Gasteiger partial charge >= 0.3 is 0 Å². The van der Waals surface area contributed by atoms with Crippen LogP contribution in [0.3, 0.4) is 0 Å². The van der Waals surface area contributed by atoms with Gasteiger partial charge in [-0.05, 0) is 26.8 Å². The minimum Gasteiger partial charge on any atom is -0.367 e. The molecule has 4 heteroatoms. The summed E-state index contributed by atoms with van der Waals surface area (Å²) in [6.45, 7) is 3.98. The Kier molecular flexibility index (Phi) is 3.16. The topological polar surface area (TPSA) is 41.1 Å². The zero-order chi connectivity index (χ0) is 10.7. The van der Waals surface area contributed by atoms with Crippen LogP contribution in [0.15, 0.2) is 12.4 Å². The zero-order valence-corrected chi connectivity index (χ0v) is 9.40. The lowest BCUT2D eigenvalue weighted by Crippen LogP contribution is -2.27. The van der Waals surface area contributed by atoms with Crippen LogP contribution in [0.2, 0.25) is 0 Å². The summed E-state index contributed by atoms with van der Waals surface area (Å²) in [6.07, 6.45) is 6.16. The predicted molar refractivity (Wildman–Crippen MR) is 60.9 cm³/mol. The van der Waals surface area contributed by atoms with Crippen LogP contribution in [-0.4, -0.2) is 41.0 Å². The van der Waals surface area contributed by atoms with E-state index < -0.39 is 0 Å². The van der Waals surface area contributed by atoms with Crippen molar-refractivity contribution in [3.63, 3.8) is 0 Å². The fourth-order valence-electron chi connectivity index (χ4n) is 1.63. The maximum absolute atomic E-state index is 4.24. The lowest BCUT2D eigenvalue weighted by Gasteiger charge is -2.16. The van der Waals surface area contributed by atoms with Crippen molar-refractivity contribution < 1.29 is 0 Å². The summed E-state index contributed by atoms with van der Waals surface area (Å²) in [5.41, 5.74) is 0.964. The molecule has 0 unspecified atom stereocenters. The van der Waals surface area contributed by atoms with Gasteiger partial charge in [0.25, 0.3) is 0 Å². The highest BCUT2D eigenvalue weighted by Crippen LogP contribution is 2.24. The molecule has 2 rings (SSSR count). The molecule has 1 aromatic rings. The third-order valence-electron chi connectivity index (χ3n) is 2.81. The molecule has 1 aliphatic rings. The quantitative estimate of drug-likeness (QED) is 0.788. The molecular weight excluding hydrogens is 188 g/mol. The van der Waals surface area contributed by atoms with Crippen LogP contribution in [-0.2, 0) is 0 Å². The molecule has 0 radical (unpaired) electrons. The molecule has 1 fully saturated rings. The Morgan fingerprint density at radius 3 is 2.80 bits per heavy atom. The van der Waals surface area contributed by atoms with E-state index in [0.717, 1.165) is 30.6 Å². The third kappa shape index (κ3) is 2.89. The van der Waals surface area contributed by atoms with Gasteiger partial charge in [-0.3, -0.25) is 4.98 Å². The second kappa shape index (κ2) is 4.57. The molecule has 0 aliphatic heterocycles. The predicted octanol–water partition coefficient (Wildman–Crippen LogP) is 1.29. The van der Waals surface area contributed by atoms with Crippen molar-refractivity contribution in [2.45, 2.75) is 25.8 Å². The van der Waals surface area contributed by atoms with Gasteiger partial charge in [0.15, 0.2) is 0 Å². The monoisotopic (exact) mass is 206 g/mol. The summed E-state index contributed by atoms with van der Waals surface area (Å²) < 4.78 is 0. The van der Waals surface area contributed by atoms with Gasteiger partial charge in [0.1, 0.15) is 5.82 Å². The molecule has 1 aromatic heterocycles. The molecule has 0 atom stereocenters. The van der Waals surface area contributed by atoms with Gasteiger partial charge in [-0.1, -0.05) is 0 Å². The minimum atomic E-state index is 0.828. The van der Waals surface area contributed by atoms with Crippen molar-refractivity contribution in [3.05, 3.63) is 18.1 Å². The Labute approximate surface area is 90.7 Å². The third-order valence-corrected chi connectivity index (χ3v) is 2.81. The summed E-state index contributed by atoms with van der Waals surface area (Å²) >= 11 is 0. The lowest BCUT2D eigenvalue weighted by molar-refractivity contribution is 0.337. The molecule has 0 amide bonds. The summed E-state index contributed by atoms with van der Waals surface area (Å²) in [5.74, 6) is 0.904. The van der Waals surface area contributed by atoms with E-state index in [4.69, 9.17) is 0 Å². The standard InChI is InChI=1S/C11H18N4/c1-9-11(13-6-5-12-9)14-7-8-15(2)10-3-4-10/h5-6,10H,3-4,7-8H2,1-2H3,(H,13,14). The number of nitrogens with zero attached hydrogens (tertiary/aromatic N) is 3. The van der Waals surface area contributed by atoms with Gasteiger partial charge in [-0.15, -0.1) is 0 Å². The fourth-order valence-corrected chi connectivity index (χ4v) is 1.63. The second-order valence-corrected chi connectivity index (χ2v) is 4.13. The van der Waals surface area contributed by atoms with Crippen LogP contribution in [0.4, 0.5) is 5.82 Å². The van der Waals surface area contributed by atoms with Crippen molar-refractivity contribution in [2.75, 3.05) is 25.5 Å². The minimum absolute atomic E-state index is 0.828. The number of aromatic nitrogens is 2. The highest BCUT2D eigenvalue weighted by molar-refractivity contribution is 5.38. The first-order valence-corrected chi connectivity index (χ1v) is 5.49. The molecule has 0 aromatic carbocycles. The van der Waals surface area contributed by atoms with Crippen LogP contribution >= 0.6 is 0 Å². The Morgan fingerprint density at radius 1 is 1.40 bits per heavy atom. The largest absolute Gasteiger partial charge is 0.367 e. The van der Waals surface area contributed by atoms with Crippen molar-refractivity contribution >= 4 is 5.82 Å². The molecule has 1 heterocycles. The van der Waals surface area contributed by atoms with Crippen molar-refractivity contribution in [1.82, 2.24) is 14.9 Å². The summed E-state index contributed by atoms with van der Waals surface area (Å²) in [5, 5.41) is 3.31. The van der Waals surface area contributed by atoms with Gasteiger partial charge in [0, 0.05) is 31.5 Å². The van der Waals surface area contributed by atoms with E-state index in [0.29, 0.717) is 0 Å². The maximum atomic E-state index is 4.24. The van der Waals surface area contributed by atoms with E-state index in [2.05, 4.69) is 27.2 Å². The van der Waals surface area contributed by atoms with Crippen LogP contribution in [0.1, 0.15) is 18.5 Å². The van der Waals surface area contributed by atoms with Gasteiger partial charge in [0.05, 0.1) is 5.69 Å². The molecule has 0 bridgehead atoms. The average Bonchev–Trinajstić information content (AvgIpc) is 3.04. The van der Waals surface area contributed by atoms with Gasteiger partial charge in [0.2, 0.25) is 0 Å². The number of aryl methyl sites for hydroxylation is 1. The smallest absolute Gasteiger partial charge is 0.147 e. The SMILES string of the molecule is Cc1nccnc1NCCN(C)C1CC1. The second-order valence-electron chi connectivity index (χ2n) is 4.13. The zero-order valence-electron chi connectivity index (χ0n) is 9.40. The highest BCUT2D eigenvalue weighted by Gasteiger charge is 2.25. The normalized spacial score (nSPS) is 15.7. The summed E-state index contributed by atoms with van der Waals surface area (Å²) in [4.78, 5) is 10.8. The molecular formula is C11H18N4. The van der Waals surface area contributed by atoms with Gasteiger partial charge in [-0.25, -0.2) is 4.98 Å². The number of rotatable bonds is 5. The number of hydrogen-bond donors (Lipinski definition) is 1. The van der Waals surface area contributed by atoms with Crippen LogP contribution in [0.5, 0.6) is 0 Å². The first-order valence-electron chi connectivity index (χ1n) is 5.49. The molecule has 4 nitrogen and oxygen atoms in total. The number of nitrogens with one attached hydrogen (secondary N) is 1. The van der Waals surface area contributed by atoms with Gasteiger partial charge < -0.3 is 10.2 Å². The van der Waals surface area contributed by atoms with E-state index in [1.165, 1.54) is 12.8 Å². The number of likely N-dealkylation sites (N-methyl/N-ethyl adjacent to an activating group) is 1. The number of hydrogen-bond acceptors (Lipinski definition) is 4. The van der Waals surface area contributed by atoms with E-state index in [1.54, 1.807) is 12.4 Å². The Bertz CT molecular complexity index is 322. The van der Waals surface area contributed by atoms with E-state index in [-0.39, 0.29) is 0 Å². The molecule has 82 valence electrons. The molecule has 0 spiro atoms. The van der Waals surface area contributed by atoms with E-state index in [1.807, 2.05) is 6.92 Å². The van der Waals surface area contributed by atoms with Crippen molar-refractivity contribution in [3.8, 4) is 0 Å². The Balaban J connectivity index is 1.75. The Hall–Kier alpha value is -1.16. The maximum Gasteiger partial charge on any atom is 0.147 e. The number of anilines is 1. The first-order chi connectivity index (χ1) is 7.27. The molecule has 15 heavy (non-hydrogen) atoms. The highest BCUT2D eigenvalue weighted by atomic mass is 15.2. The molecule has 0 saturated heterocycles. The van der Waals surface area contributed by atoms with Gasteiger partial charge in [-0.2, -0.15) is 0 Å². The van der Waals surface area contributed by atoms with E-state index in [9.17, 15) is 0 Å².